The van der Waals surface area contributed by atoms with Gasteiger partial charge in [0.25, 0.3) is 0 Å². The number of oxime groups is 1. The molecule has 0 saturated heterocycles. The number of nitrogens with two attached hydrogens (primary N) is 1. The Kier molecular flexibility index (Phi) is 6.57. The molecule has 0 fully saturated rings. The molecular formula is C15H9BrCl2F2N2O3. The first-order valence-corrected chi connectivity index (χ1v) is 8.07. The van der Waals surface area contributed by atoms with Crippen LogP contribution in [0.3, 0.4) is 0 Å². The number of hydrogen-bond acceptors (Lipinski definition) is 4. The standard InChI is InChI=1S/C15H9BrCl2F2N2O3/c16-7-1-4-12(24-15(19)20)10(5-7)14(23)25-22-13(21)9-3-2-8(17)6-11(9)18/h1-6,15H,(H2,21,22). The minimum absolute atomic E-state index is 0.193. The van der Waals surface area contributed by atoms with Gasteiger partial charge in [0.1, 0.15) is 11.3 Å². The van der Waals surface area contributed by atoms with E-state index in [1.54, 1.807) is 0 Å². The number of rotatable bonds is 5. The Hall–Kier alpha value is -1.90. The number of nitrogens with zero attached hydrogens (tertiary/aromatic N) is 1. The summed E-state index contributed by atoms with van der Waals surface area (Å²) >= 11 is 14.9. The molecule has 0 radical (unpaired) electrons. The largest absolute Gasteiger partial charge is 0.434 e. The number of benzene rings is 2. The Bertz CT molecular complexity index is 834. The summed E-state index contributed by atoms with van der Waals surface area (Å²) in [5, 5.41) is 4.06. The van der Waals surface area contributed by atoms with Gasteiger partial charge in [-0.1, -0.05) is 44.3 Å². The van der Waals surface area contributed by atoms with Crippen molar-refractivity contribution >= 4 is 50.9 Å². The second-order valence-electron chi connectivity index (χ2n) is 4.50. The second kappa shape index (κ2) is 8.46. The number of halogens is 5. The van der Waals surface area contributed by atoms with Crippen molar-refractivity contribution in [2.24, 2.45) is 10.9 Å². The fourth-order valence-electron chi connectivity index (χ4n) is 1.75. The molecule has 10 heteroatoms. The average molecular weight is 454 g/mol. The van der Waals surface area contributed by atoms with Crippen LogP contribution in [0.5, 0.6) is 5.75 Å². The predicted octanol–water partition coefficient (Wildman–Crippen LogP) is 4.83. The zero-order valence-corrected chi connectivity index (χ0v) is 15.3. The molecule has 0 amide bonds. The molecule has 0 unspecified atom stereocenters. The van der Waals surface area contributed by atoms with Gasteiger partial charge in [0.05, 0.1) is 5.02 Å². The van der Waals surface area contributed by atoms with Crippen LogP contribution in [0.1, 0.15) is 15.9 Å². The van der Waals surface area contributed by atoms with E-state index < -0.39 is 12.6 Å². The summed E-state index contributed by atoms with van der Waals surface area (Å²) in [5.74, 6) is -1.59. The zero-order chi connectivity index (χ0) is 18.6. The molecule has 0 atom stereocenters. The smallest absolute Gasteiger partial charge is 0.387 e. The van der Waals surface area contributed by atoms with Crippen LogP contribution in [0.15, 0.2) is 46.0 Å². The summed E-state index contributed by atoms with van der Waals surface area (Å²) in [6.07, 6.45) is 0. The molecule has 25 heavy (non-hydrogen) atoms. The van der Waals surface area contributed by atoms with Crippen molar-refractivity contribution in [2.75, 3.05) is 0 Å². The van der Waals surface area contributed by atoms with E-state index in [9.17, 15) is 13.6 Å². The number of carbonyl (C=O) groups is 1. The van der Waals surface area contributed by atoms with Crippen LogP contribution in [0.2, 0.25) is 10.0 Å². The van der Waals surface area contributed by atoms with Crippen molar-refractivity contribution in [1.82, 2.24) is 0 Å². The van der Waals surface area contributed by atoms with Gasteiger partial charge < -0.3 is 15.3 Å². The number of alkyl halides is 2. The highest BCUT2D eigenvalue weighted by atomic mass is 79.9. The van der Waals surface area contributed by atoms with Gasteiger partial charge in [0.2, 0.25) is 0 Å². The molecule has 0 spiro atoms. The lowest BCUT2D eigenvalue weighted by Crippen LogP contribution is -2.16. The van der Waals surface area contributed by atoms with Crippen molar-refractivity contribution < 1.29 is 23.1 Å². The predicted molar refractivity (Wildman–Crippen MR) is 93.4 cm³/mol. The van der Waals surface area contributed by atoms with Gasteiger partial charge in [0, 0.05) is 15.1 Å². The minimum Gasteiger partial charge on any atom is -0.434 e. The lowest BCUT2D eigenvalue weighted by Gasteiger charge is -2.09. The van der Waals surface area contributed by atoms with Crippen LogP contribution < -0.4 is 10.5 Å². The summed E-state index contributed by atoms with van der Waals surface area (Å²) in [4.78, 5) is 16.8. The van der Waals surface area contributed by atoms with Gasteiger partial charge in [0.15, 0.2) is 5.84 Å². The van der Waals surface area contributed by atoms with Crippen LogP contribution in [0.25, 0.3) is 0 Å². The highest BCUT2D eigenvalue weighted by Gasteiger charge is 2.18. The zero-order valence-electron chi connectivity index (χ0n) is 12.2. The van der Waals surface area contributed by atoms with Gasteiger partial charge in [-0.05, 0) is 36.4 Å². The molecule has 2 aromatic carbocycles. The quantitative estimate of drug-likeness (QED) is 0.304. The molecule has 0 aliphatic heterocycles. The minimum atomic E-state index is -3.10. The van der Waals surface area contributed by atoms with E-state index in [0.29, 0.717) is 9.50 Å². The Labute approximate surface area is 159 Å². The molecule has 2 aromatic rings. The fraction of sp³-hybridized carbons (Fsp3) is 0.0667. The van der Waals surface area contributed by atoms with E-state index in [4.69, 9.17) is 33.8 Å². The highest BCUT2D eigenvalue weighted by Crippen LogP contribution is 2.26. The molecule has 0 aromatic heterocycles. The molecule has 2 N–H and O–H groups in total. The van der Waals surface area contributed by atoms with E-state index >= 15 is 0 Å². The third-order valence-corrected chi connectivity index (χ3v) is 3.85. The van der Waals surface area contributed by atoms with Crippen molar-refractivity contribution in [3.63, 3.8) is 0 Å². The molecule has 0 saturated carbocycles. The van der Waals surface area contributed by atoms with Gasteiger partial charge in [-0.15, -0.1) is 0 Å². The maximum Gasteiger partial charge on any atom is 0.387 e. The molecule has 0 heterocycles. The maximum absolute atomic E-state index is 12.4. The normalized spacial score (nSPS) is 11.5. The Balaban J connectivity index is 2.23. The van der Waals surface area contributed by atoms with Gasteiger partial charge in [-0.25, -0.2) is 4.79 Å². The summed E-state index contributed by atoms with van der Waals surface area (Å²) in [6, 6.07) is 8.32. The summed E-state index contributed by atoms with van der Waals surface area (Å²) in [5.41, 5.74) is 5.74. The monoisotopic (exact) mass is 452 g/mol. The highest BCUT2D eigenvalue weighted by molar-refractivity contribution is 9.10. The van der Waals surface area contributed by atoms with Crippen LogP contribution in [0.4, 0.5) is 8.78 Å². The number of amidine groups is 1. The maximum atomic E-state index is 12.4. The SMILES string of the molecule is N/C(=N\OC(=O)c1cc(Br)ccc1OC(F)F)c1ccc(Cl)cc1Cl. The molecule has 2 rings (SSSR count). The van der Waals surface area contributed by atoms with E-state index in [2.05, 4.69) is 25.8 Å². The molecule has 0 bridgehead atoms. The van der Waals surface area contributed by atoms with Gasteiger partial charge >= 0.3 is 12.6 Å². The first-order valence-electron chi connectivity index (χ1n) is 6.52. The third-order valence-electron chi connectivity index (χ3n) is 2.81. The number of hydrogen-bond donors (Lipinski definition) is 1. The van der Waals surface area contributed by atoms with E-state index in [1.807, 2.05) is 0 Å². The van der Waals surface area contributed by atoms with Gasteiger partial charge in [-0.3, -0.25) is 0 Å². The van der Waals surface area contributed by atoms with E-state index in [0.717, 1.165) is 0 Å². The average Bonchev–Trinajstić information content (AvgIpc) is 2.53. The molecule has 132 valence electrons. The summed E-state index contributed by atoms with van der Waals surface area (Å²) < 4.78 is 29.6. The van der Waals surface area contributed by atoms with Crippen LogP contribution >= 0.6 is 39.1 Å². The molecule has 0 aliphatic rings. The first-order chi connectivity index (χ1) is 11.8. The van der Waals surface area contributed by atoms with Crippen LogP contribution in [-0.4, -0.2) is 18.4 Å². The van der Waals surface area contributed by atoms with Crippen LogP contribution in [0, 0.1) is 0 Å². The fourth-order valence-corrected chi connectivity index (χ4v) is 2.61. The van der Waals surface area contributed by atoms with Crippen LogP contribution in [-0.2, 0) is 4.84 Å². The Morgan fingerprint density at radius 1 is 1.16 bits per heavy atom. The second-order valence-corrected chi connectivity index (χ2v) is 6.26. The summed E-state index contributed by atoms with van der Waals surface area (Å²) in [6.45, 7) is -3.10. The van der Waals surface area contributed by atoms with E-state index in [1.165, 1.54) is 36.4 Å². The van der Waals surface area contributed by atoms with E-state index in [-0.39, 0.29) is 27.7 Å². The summed E-state index contributed by atoms with van der Waals surface area (Å²) in [7, 11) is 0. The van der Waals surface area contributed by atoms with Crippen molar-refractivity contribution in [2.45, 2.75) is 6.61 Å². The van der Waals surface area contributed by atoms with Crippen molar-refractivity contribution in [3.8, 4) is 5.75 Å². The number of carbonyl (C=O) groups excluding carboxylic acids is 1. The lowest BCUT2D eigenvalue weighted by atomic mass is 10.2. The third kappa shape index (κ3) is 5.29. The Morgan fingerprint density at radius 3 is 2.52 bits per heavy atom. The Morgan fingerprint density at radius 2 is 1.88 bits per heavy atom. The topological polar surface area (TPSA) is 73.9 Å². The lowest BCUT2D eigenvalue weighted by molar-refractivity contribution is -0.0504. The van der Waals surface area contributed by atoms with Crippen molar-refractivity contribution in [3.05, 3.63) is 62.0 Å². The molecular weight excluding hydrogens is 445 g/mol. The van der Waals surface area contributed by atoms with Crippen molar-refractivity contribution in [1.29, 1.82) is 0 Å². The van der Waals surface area contributed by atoms with Gasteiger partial charge in [-0.2, -0.15) is 8.78 Å². The number of ether oxygens (including phenoxy) is 1. The first kappa shape index (κ1) is 19.4. The molecule has 5 nitrogen and oxygen atoms in total. The molecule has 0 aliphatic carbocycles.